The van der Waals surface area contributed by atoms with E-state index in [0.29, 0.717) is 57.0 Å². The smallest absolute Gasteiger partial charge is 0.343 e. The van der Waals surface area contributed by atoms with E-state index in [1.807, 2.05) is 27.7 Å². The molecule has 4 heterocycles. The maximum Gasteiger partial charge on any atom is 0.343 e. The second-order valence-electron chi connectivity index (χ2n) is 16.8. The zero-order valence-electron chi connectivity index (χ0n) is 40.1. The van der Waals surface area contributed by atoms with Crippen LogP contribution in [0, 0.1) is 23.5 Å². The summed E-state index contributed by atoms with van der Waals surface area (Å²) in [5.41, 5.74) is 2.84. The van der Waals surface area contributed by atoms with Gasteiger partial charge in [-0.1, -0.05) is 75.2 Å². The second-order valence-corrected chi connectivity index (χ2v) is 17.6. The van der Waals surface area contributed by atoms with Gasteiger partial charge in [-0.25, -0.2) is 18.4 Å². The molecule has 6 aromatic rings. The third-order valence-corrected chi connectivity index (χ3v) is 12.3. The summed E-state index contributed by atoms with van der Waals surface area (Å²) in [6, 6.07) is 15.9. The number of carbonyl (C=O) groups excluding carboxylic acids is 2. The number of hydrogen-bond acceptors (Lipinski definition) is 11. The first-order valence-corrected chi connectivity index (χ1v) is 23.1. The quantitative estimate of drug-likeness (QED) is 0.0469. The van der Waals surface area contributed by atoms with E-state index in [4.69, 9.17) is 51.6 Å². The molecule has 4 aromatic heterocycles. The molecule has 0 bridgehead atoms. The first kappa shape index (κ1) is 54.1. The van der Waals surface area contributed by atoms with Gasteiger partial charge < -0.3 is 33.5 Å². The van der Waals surface area contributed by atoms with Crippen LogP contribution >= 0.6 is 23.2 Å². The molecule has 6 rings (SSSR count). The molecule has 0 spiro atoms. The molecule has 370 valence electrons. The predicted molar refractivity (Wildman–Crippen MR) is 261 cm³/mol. The highest BCUT2D eigenvalue weighted by Gasteiger charge is 2.27. The minimum Gasteiger partial charge on any atom is -0.496 e. The Morgan fingerprint density at radius 2 is 1.07 bits per heavy atom. The summed E-state index contributed by atoms with van der Waals surface area (Å²) in [5, 5.41) is 10.1. The van der Waals surface area contributed by atoms with Gasteiger partial charge in [-0.15, -0.1) is 0 Å². The zero-order valence-corrected chi connectivity index (χ0v) is 41.6. The van der Waals surface area contributed by atoms with Gasteiger partial charge >= 0.3 is 11.9 Å². The highest BCUT2D eigenvalue weighted by Crippen LogP contribution is 2.35. The van der Waals surface area contributed by atoms with Crippen molar-refractivity contribution in [1.29, 1.82) is 0 Å². The molecule has 0 saturated carbocycles. The lowest BCUT2D eigenvalue weighted by molar-refractivity contribution is -0.0389. The molecule has 2 atom stereocenters. The van der Waals surface area contributed by atoms with E-state index in [1.165, 1.54) is 54.5 Å². The predicted octanol–water partition coefficient (Wildman–Crippen LogP) is 9.83. The summed E-state index contributed by atoms with van der Waals surface area (Å²) in [6.07, 6.45) is 3.36. The SMILES string of the molecule is CCOC(=O)c1cc([C@H](CO)C(C)C)c2cc(OC)c(Cc3cccc(Cl)c3F)cn2c1=O.CCOC(=O)c1cc([C@H](COCOC)C(C)C)c2cc(OC)c(Cc3cccc(Cl)c3F)cn2c1=O. The lowest BCUT2D eigenvalue weighted by atomic mass is 9.87. The number of halogens is 4. The second kappa shape index (κ2) is 24.6. The van der Waals surface area contributed by atoms with Crippen LogP contribution in [0.3, 0.4) is 0 Å². The number of aliphatic hydroxyl groups excluding tert-OH is 1. The lowest BCUT2D eigenvalue weighted by Crippen LogP contribution is -2.27. The van der Waals surface area contributed by atoms with Crippen molar-refractivity contribution in [2.75, 3.05) is 54.5 Å². The maximum atomic E-state index is 14.7. The van der Waals surface area contributed by atoms with Crippen molar-refractivity contribution in [3.8, 4) is 11.5 Å². The van der Waals surface area contributed by atoms with Gasteiger partial charge in [-0.2, -0.15) is 0 Å². The van der Waals surface area contributed by atoms with Crippen LogP contribution in [0.15, 0.2) is 82.6 Å². The Morgan fingerprint density at radius 1 is 0.652 bits per heavy atom. The fraction of sp³-hybridized carbons (Fsp3) is 0.385. The van der Waals surface area contributed by atoms with Crippen molar-refractivity contribution in [3.63, 3.8) is 0 Å². The molecule has 0 unspecified atom stereocenters. The van der Waals surface area contributed by atoms with E-state index in [9.17, 15) is 33.1 Å². The fourth-order valence-electron chi connectivity index (χ4n) is 8.07. The number of methoxy groups -OCH3 is 3. The molecule has 69 heavy (non-hydrogen) atoms. The number of nitrogens with zero attached hydrogens (tertiary/aromatic N) is 2. The molecule has 0 aliphatic carbocycles. The Kier molecular flexibility index (Phi) is 19.3. The molecule has 0 radical (unpaired) electrons. The Morgan fingerprint density at radius 3 is 1.43 bits per heavy atom. The van der Waals surface area contributed by atoms with Crippen LogP contribution in [0.1, 0.15) is 107 Å². The Labute approximate surface area is 409 Å². The first-order valence-electron chi connectivity index (χ1n) is 22.4. The molecule has 2 aromatic carbocycles. The van der Waals surface area contributed by atoms with Gasteiger partial charge in [0.2, 0.25) is 0 Å². The van der Waals surface area contributed by atoms with Crippen LogP contribution in [0.25, 0.3) is 11.0 Å². The van der Waals surface area contributed by atoms with Crippen LogP contribution in [-0.4, -0.2) is 80.4 Å². The fourth-order valence-corrected chi connectivity index (χ4v) is 8.46. The highest BCUT2D eigenvalue weighted by atomic mass is 35.5. The molecular formula is C52H58Cl2F2N2O11. The molecule has 0 aliphatic rings. The number of fused-ring (bicyclic) bond motifs is 2. The van der Waals surface area contributed by atoms with Crippen molar-refractivity contribution < 1.29 is 51.9 Å². The van der Waals surface area contributed by atoms with Crippen LogP contribution < -0.4 is 20.6 Å². The van der Waals surface area contributed by atoms with Crippen molar-refractivity contribution in [2.45, 2.75) is 66.2 Å². The summed E-state index contributed by atoms with van der Waals surface area (Å²) in [7, 11) is 4.53. The van der Waals surface area contributed by atoms with Gasteiger partial charge in [-0.05, 0) is 72.2 Å². The minimum absolute atomic E-state index is 0.000900. The average Bonchev–Trinajstić information content (AvgIpc) is 3.32. The number of rotatable bonds is 19. The molecule has 13 nitrogen and oxygen atoms in total. The van der Waals surface area contributed by atoms with Crippen LogP contribution in [-0.2, 0) is 31.8 Å². The van der Waals surface area contributed by atoms with Gasteiger partial charge in [0.1, 0.15) is 41.1 Å². The number of ether oxygens (including phenoxy) is 6. The minimum atomic E-state index is -0.739. The van der Waals surface area contributed by atoms with Crippen LogP contribution in [0.2, 0.25) is 10.0 Å². The molecule has 0 saturated heterocycles. The zero-order chi connectivity index (χ0) is 50.7. The third-order valence-electron chi connectivity index (χ3n) is 11.7. The number of aliphatic hydroxyl groups is 1. The maximum absolute atomic E-state index is 14.7. The van der Waals surface area contributed by atoms with Crippen LogP contribution in [0.4, 0.5) is 8.78 Å². The number of carbonyl (C=O) groups is 2. The Balaban J connectivity index is 0.000000258. The Hall–Kier alpha value is -5.84. The number of benzene rings is 2. The normalized spacial score (nSPS) is 12.2. The van der Waals surface area contributed by atoms with Crippen molar-refractivity contribution >= 4 is 46.2 Å². The van der Waals surface area contributed by atoms with Gasteiger partial charge in [-0.3, -0.25) is 18.4 Å². The van der Waals surface area contributed by atoms with E-state index in [1.54, 1.807) is 62.5 Å². The van der Waals surface area contributed by atoms with E-state index in [2.05, 4.69) is 0 Å². The van der Waals surface area contributed by atoms with Gasteiger partial charge in [0.25, 0.3) is 11.1 Å². The van der Waals surface area contributed by atoms with Gasteiger partial charge in [0.05, 0.1) is 61.7 Å². The first-order chi connectivity index (χ1) is 33.0. The van der Waals surface area contributed by atoms with E-state index < -0.39 is 34.7 Å². The van der Waals surface area contributed by atoms with Gasteiger partial charge in [0.15, 0.2) is 0 Å². The molecule has 17 heteroatoms. The summed E-state index contributed by atoms with van der Waals surface area (Å²) in [4.78, 5) is 52.0. The molecule has 0 fully saturated rings. The van der Waals surface area contributed by atoms with Crippen molar-refractivity contribution in [3.05, 3.63) is 160 Å². The number of pyridine rings is 4. The topological polar surface area (TPSA) is 153 Å². The standard InChI is InChI=1S/C27H31ClFNO6.C25H27ClFNO5/c1-6-36-27(32)20-11-19(21(16(2)3)14-35-15-33-4)23-12-24(34-5)18(13-30(23)26(20)31)10-17-8-7-9-22(28)25(17)29;1-5-33-25(31)18-10-17(19(13-29)14(2)3)21-11-22(32-4)16(12-28(21)24(18)30)9-15-7-6-8-20(26)23(15)27/h7-9,11-13,16,21H,6,10,14-15H2,1-5H3;6-8,10-12,14,19,29H,5,9,13H2,1-4H3/t21-;19-/m11/s1. The summed E-state index contributed by atoms with van der Waals surface area (Å²) < 4.78 is 64.0. The monoisotopic (exact) mass is 994 g/mol. The Bertz CT molecular complexity index is 2920. The molecule has 1 N–H and O–H groups in total. The summed E-state index contributed by atoms with van der Waals surface area (Å²) in [6.45, 7) is 11.8. The largest absolute Gasteiger partial charge is 0.496 e. The average molecular weight is 996 g/mol. The number of aromatic nitrogens is 2. The van der Waals surface area contributed by atoms with Crippen molar-refractivity contribution in [1.82, 2.24) is 8.80 Å². The number of esters is 2. The van der Waals surface area contributed by atoms with Crippen molar-refractivity contribution in [2.24, 2.45) is 11.8 Å². The van der Waals surface area contributed by atoms with E-state index >= 15 is 0 Å². The highest BCUT2D eigenvalue weighted by molar-refractivity contribution is 6.31. The molecule has 0 amide bonds. The van der Waals surface area contributed by atoms with E-state index in [-0.39, 0.29) is 84.3 Å². The summed E-state index contributed by atoms with van der Waals surface area (Å²) in [5.74, 6) is -2.01. The molecule has 0 aliphatic heterocycles. The van der Waals surface area contributed by atoms with Crippen LogP contribution in [0.5, 0.6) is 11.5 Å². The lowest BCUT2D eigenvalue weighted by Gasteiger charge is -2.24. The summed E-state index contributed by atoms with van der Waals surface area (Å²) >= 11 is 11.9. The third kappa shape index (κ3) is 12.3. The molecular weight excluding hydrogens is 937 g/mol. The van der Waals surface area contributed by atoms with E-state index in [0.717, 1.165) is 5.56 Å². The number of hydrogen-bond donors (Lipinski definition) is 1. The van der Waals surface area contributed by atoms with Gasteiger partial charge in [0, 0.05) is 67.4 Å².